The van der Waals surface area contributed by atoms with E-state index in [1.54, 1.807) is 12.1 Å². The van der Waals surface area contributed by atoms with Crippen molar-refractivity contribution in [3.63, 3.8) is 0 Å². The lowest BCUT2D eigenvalue weighted by Crippen LogP contribution is -2.69. The van der Waals surface area contributed by atoms with Gasteiger partial charge in [0.2, 0.25) is 0 Å². The van der Waals surface area contributed by atoms with Crippen molar-refractivity contribution in [2.45, 2.75) is 109 Å². The molecule has 0 spiro atoms. The van der Waals surface area contributed by atoms with Crippen molar-refractivity contribution >= 4 is 17.7 Å². The molecule has 7 nitrogen and oxygen atoms in total. The van der Waals surface area contributed by atoms with Gasteiger partial charge in [-0.2, -0.15) is 0 Å². The van der Waals surface area contributed by atoms with E-state index in [-0.39, 0.29) is 41.1 Å². The summed E-state index contributed by atoms with van der Waals surface area (Å²) in [6, 6.07) is 9.09. The molecule has 4 fully saturated rings. The van der Waals surface area contributed by atoms with Crippen LogP contribution in [0.25, 0.3) is 0 Å². The summed E-state index contributed by atoms with van der Waals surface area (Å²) < 4.78 is 12.2. The monoisotopic (exact) mass is 590 g/mol. The zero-order chi connectivity index (χ0) is 30.8. The number of benzene rings is 1. The van der Waals surface area contributed by atoms with Crippen molar-refractivity contribution in [3.8, 4) is 0 Å². The molecular weight excluding hydrogens is 544 g/mol. The smallest absolute Gasteiger partial charge is 0.338 e. The number of hydrogen-bond donors (Lipinski definition) is 0. The third kappa shape index (κ3) is 4.40. The van der Waals surface area contributed by atoms with Crippen molar-refractivity contribution in [1.82, 2.24) is 0 Å². The van der Waals surface area contributed by atoms with E-state index < -0.39 is 28.6 Å². The Kier molecular flexibility index (Phi) is 7.53. The standard InChI is InChI=1S/C36H46O7/c1-22(2)12-15-30(38)23(3)35-18-19-36(43-42-35)28-14-13-26-20-27(40-24(4)37)16-17-33(26,5)29(28)21-31(34(35,36)6)41-32(39)25-10-8-7-9-11-25/h7-11,18-19,23,26-29,31H,1,12-17,20-21H2,2-6H3/t23-,26+,27+,28-,29+,31-,33+,34-,35+,36+/m1/s1. The Morgan fingerprint density at radius 2 is 1.70 bits per heavy atom. The van der Waals surface area contributed by atoms with Gasteiger partial charge in [0.05, 0.1) is 16.9 Å². The largest absolute Gasteiger partial charge is 0.463 e. The highest BCUT2D eigenvalue weighted by atomic mass is 17.2. The summed E-state index contributed by atoms with van der Waals surface area (Å²) in [5.41, 5.74) is -1.27. The Morgan fingerprint density at radius 3 is 2.35 bits per heavy atom. The average Bonchev–Trinajstić information content (AvgIpc) is 3.41. The molecule has 1 aromatic carbocycles. The van der Waals surface area contributed by atoms with E-state index >= 15 is 0 Å². The minimum absolute atomic E-state index is 0.0407. The molecule has 1 heterocycles. The number of ketones is 1. The van der Waals surface area contributed by atoms with Gasteiger partial charge in [0.1, 0.15) is 29.2 Å². The molecule has 10 atom stereocenters. The van der Waals surface area contributed by atoms with Crippen molar-refractivity contribution in [2.24, 2.45) is 34.5 Å². The van der Waals surface area contributed by atoms with Crippen LogP contribution in [-0.2, 0) is 28.8 Å². The number of allylic oxidation sites excluding steroid dienone is 1. The third-order valence-electron chi connectivity index (χ3n) is 12.3. The summed E-state index contributed by atoms with van der Waals surface area (Å²) in [5, 5.41) is 0. The Bertz CT molecular complexity index is 1340. The van der Waals surface area contributed by atoms with Crippen LogP contribution in [-0.4, -0.2) is 41.1 Å². The molecule has 0 radical (unpaired) electrons. The molecule has 3 saturated carbocycles. The second kappa shape index (κ2) is 10.7. The number of hydrogen-bond acceptors (Lipinski definition) is 7. The Hall–Kier alpha value is -2.77. The van der Waals surface area contributed by atoms with Gasteiger partial charge in [-0.3, -0.25) is 9.59 Å². The van der Waals surface area contributed by atoms with Crippen LogP contribution in [0.15, 0.2) is 54.6 Å². The highest BCUT2D eigenvalue weighted by molar-refractivity contribution is 5.89. The second-order valence-corrected chi connectivity index (χ2v) is 14.4. The molecule has 0 aromatic heterocycles. The number of rotatable bonds is 8. The van der Waals surface area contributed by atoms with Crippen LogP contribution < -0.4 is 0 Å². The maximum Gasteiger partial charge on any atom is 0.338 e. The lowest BCUT2D eigenvalue weighted by atomic mass is 9.41. The van der Waals surface area contributed by atoms with Gasteiger partial charge in [-0.1, -0.05) is 37.6 Å². The van der Waals surface area contributed by atoms with Gasteiger partial charge >= 0.3 is 11.9 Å². The Labute approximate surface area is 255 Å². The molecule has 6 rings (SSSR count). The first-order chi connectivity index (χ1) is 20.4. The lowest BCUT2D eigenvalue weighted by Gasteiger charge is -2.63. The molecular formula is C36H46O7. The van der Waals surface area contributed by atoms with Gasteiger partial charge in [0.25, 0.3) is 0 Å². The van der Waals surface area contributed by atoms with Crippen LogP contribution in [0.5, 0.6) is 0 Å². The second-order valence-electron chi connectivity index (χ2n) is 14.4. The molecule has 7 heteroatoms. The highest BCUT2D eigenvalue weighted by Gasteiger charge is 2.82. The Balaban J connectivity index is 1.38. The zero-order valence-corrected chi connectivity index (χ0v) is 26.2. The summed E-state index contributed by atoms with van der Waals surface area (Å²) in [7, 11) is 0. The number of carbonyl (C=O) groups is 3. The van der Waals surface area contributed by atoms with Gasteiger partial charge in [-0.05, 0) is 106 Å². The minimum atomic E-state index is -1.06. The Morgan fingerprint density at radius 1 is 0.953 bits per heavy atom. The molecule has 1 aliphatic heterocycles. The molecule has 0 N–H and O–H groups in total. The fraction of sp³-hybridized carbons (Fsp3) is 0.639. The summed E-state index contributed by atoms with van der Waals surface area (Å²) in [6.07, 6.45) is 9.78. The van der Waals surface area contributed by atoms with E-state index in [0.717, 1.165) is 37.7 Å². The van der Waals surface area contributed by atoms with Gasteiger partial charge in [0.15, 0.2) is 0 Å². The highest BCUT2D eigenvalue weighted by Crippen LogP contribution is 2.74. The molecule has 0 unspecified atom stereocenters. The molecule has 4 aliphatic carbocycles. The summed E-state index contributed by atoms with van der Waals surface area (Å²) in [5.74, 6) is -0.296. The van der Waals surface area contributed by atoms with E-state index in [1.165, 1.54) is 6.92 Å². The van der Waals surface area contributed by atoms with Crippen LogP contribution >= 0.6 is 0 Å². The van der Waals surface area contributed by atoms with Crippen LogP contribution in [0.4, 0.5) is 0 Å². The lowest BCUT2D eigenvalue weighted by molar-refractivity contribution is -0.359. The normalized spacial score (nSPS) is 41.4. The minimum Gasteiger partial charge on any atom is -0.463 e. The molecule has 2 bridgehead atoms. The van der Waals surface area contributed by atoms with Gasteiger partial charge in [-0.15, -0.1) is 6.58 Å². The van der Waals surface area contributed by atoms with E-state index in [1.807, 2.05) is 32.0 Å². The first-order valence-electron chi connectivity index (χ1n) is 16.1. The predicted octanol–water partition coefficient (Wildman–Crippen LogP) is 6.96. The van der Waals surface area contributed by atoms with Crippen molar-refractivity contribution in [1.29, 1.82) is 0 Å². The fourth-order valence-electron chi connectivity index (χ4n) is 9.85. The van der Waals surface area contributed by atoms with Crippen LogP contribution in [0.3, 0.4) is 0 Å². The van der Waals surface area contributed by atoms with Crippen LogP contribution in [0.2, 0.25) is 0 Å². The summed E-state index contributed by atoms with van der Waals surface area (Å²) in [6.45, 7) is 13.8. The summed E-state index contributed by atoms with van der Waals surface area (Å²) >= 11 is 0. The van der Waals surface area contributed by atoms with E-state index in [9.17, 15) is 14.4 Å². The fourth-order valence-corrected chi connectivity index (χ4v) is 9.85. The van der Waals surface area contributed by atoms with E-state index in [2.05, 4.69) is 32.6 Å². The first kappa shape index (κ1) is 30.3. The topological polar surface area (TPSA) is 88.1 Å². The number of carbonyl (C=O) groups excluding carboxylic acids is 3. The molecule has 1 aromatic rings. The predicted molar refractivity (Wildman–Crippen MR) is 161 cm³/mol. The number of ether oxygens (including phenoxy) is 2. The molecule has 5 aliphatic rings. The maximum absolute atomic E-state index is 13.7. The number of Topliss-reactive ketones (excluding diaryl/α,β-unsaturated/α-hetero) is 1. The van der Waals surface area contributed by atoms with Crippen molar-refractivity contribution in [3.05, 3.63) is 60.2 Å². The van der Waals surface area contributed by atoms with Crippen molar-refractivity contribution in [2.75, 3.05) is 0 Å². The quantitative estimate of drug-likeness (QED) is 0.184. The summed E-state index contributed by atoms with van der Waals surface area (Å²) in [4.78, 5) is 52.0. The van der Waals surface area contributed by atoms with E-state index in [0.29, 0.717) is 30.7 Å². The van der Waals surface area contributed by atoms with Gasteiger partial charge < -0.3 is 9.47 Å². The number of fused-ring (bicyclic) bond motifs is 3. The molecule has 232 valence electrons. The van der Waals surface area contributed by atoms with Crippen LogP contribution in [0.1, 0.15) is 96.3 Å². The van der Waals surface area contributed by atoms with Gasteiger partial charge in [0, 0.05) is 13.3 Å². The SMILES string of the molecule is C=C(C)CCC(=O)[C@@H](C)[C@]12C=C[C@]3(OO1)[C@@H]1CC[C@H]4C[C@@H](OC(C)=O)CC[C@]4(C)[C@H]1C[C@@H](OC(=O)c1ccccc1)[C@]23C. The van der Waals surface area contributed by atoms with Crippen molar-refractivity contribution < 1.29 is 33.6 Å². The molecule has 0 amide bonds. The third-order valence-corrected chi connectivity index (χ3v) is 12.3. The van der Waals surface area contributed by atoms with Crippen LogP contribution in [0, 0.1) is 34.5 Å². The van der Waals surface area contributed by atoms with Gasteiger partial charge in [-0.25, -0.2) is 14.6 Å². The zero-order valence-electron chi connectivity index (χ0n) is 26.2. The van der Waals surface area contributed by atoms with E-state index in [4.69, 9.17) is 19.2 Å². The average molecular weight is 591 g/mol. The molecule has 1 saturated heterocycles. The number of esters is 2. The first-order valence-corrected chi connectivity index (χ1v) is 16.1. The molecule has 43 heavy (non-hydrogen) atoms. The maximum atomic E-state index is 13.7.